The molecule has 0 unspecified atom stereocenters. The van der Waals surface area contributed by atoms with Gasteiger partial charge in [-0.05, 0) is 34.1 Å². The topological polar surface area (TPSA) is 38.1 Å². The lowest BCUT2D eigenvalue weighted by molar-refractivity contribution is 0.484. The maximum absolute atomic E-state index is 13.2. The molecule has 0 fully saturated rings. The van der Waals surface area contributed by atoms with Crippen molar-refractivity contribution in [2.24, 2.45) is 0 Å². The summed E-state index contributed by atoms with van der Waals surface area (Å²) in [5.41, 5.74) is 0.809. The summed E-state index contributed by atoms with van der Waals surface area (Å²) in [5, 5.41) is 3.30. The molecule has 102 valence electrons. The number of nitrogens with zero attached hydrogens (tertiary/aromatic N) is 1. The van der Waals surface area contributed by atoms with E-state index in [1.54, 1.807) is 18.3 Å². The first kappa shape index (κ1) is 14.2. The van der Waals surface area contributed by atoms with Crippen molar-refractivity contribution in [2.75, 3.05) is 6.54 Å². The largest absolute Gasteiger partial charge is 0.441 e. The zero-order valence-corrected chi connectivity index (χ0v) is 12.5. The molecule has 0 atom stereocenters. The highest BCUT2D eigenvalue weighted by Gasteiger charge is 2.08. The first-order valence-corrected chi connectivity index (χ1v) is 6.99. The molecule has 2 rings (SSSR count). The maximum atomic E-state index is 13.2. The Labute approximate surface area is 120 Å². The Morgan fingerprint density at radius 2 is 2.21 bits per heavy atom. The van der Waals surface area contributed by atoms with Gasteiger partial charge in [-0.2, -0.15) is 0 Å². The van der Waals surface area contributed by atoms with E-state index in [4.69, 9.17) is 4.42 Å². The van der Waals surface area contributed by atoms with E-state index >= 15 is 0 Å². The lowest BCUT2D eigenvalue weighted by Gasteiger charge is -2.05. The van der Waals surface area contributed by atoms with E-state index in [9.17, 15) is 4.39 Å². The first-order valence-electron chi connectivity index (χ1n) is 6.20. The van der Waals surface area contributed by atoms with Gasteiger partial charge in [0.2, 0.25) is 0 Å². The molecule has 0 spiro atoms. The molecule has 1 heterocycles. The van der Waals surface area contributed by atoms with Crippen molar-refractivity contribution in [3.05, 3.63) is 40.6 Å². The molecule has 1 aromatic heterocycles. The van der Waals surface area contributed by atoms with Crippen LogP contribution in [0.3, 0.4) is 0 Å². The van der Waals surface area contributed by atoms with Crippen LogP contribution >= 0.6 is 15.9 Å². The third kappa shape index (κ3) is 3.88. The Morgan fingerprint density at radius 1 is 1.42 bits per heavy atom. The van der Waals surface area contributed by atoms with Crippen LogP contribution in [0.1, 0.15) is 19.7 Å². The molecule has 0 bridgehead atoms. The fraction of sp³-hybridized carbons (Fsp3) is 0.357. The van der Waals surface area contributed by atoms with Crippen LogP contribution in [0.2, 0.25) is 0 Å². The normalized spacial score (nSPS) is 11.2. The second-order valence-corrected chi connectivity index (χ2v) is 5.46. The smallest absolute Gasteiger partial charge is 0.196 e. The average Bonchev–Trinajstić information content (AvgIpc) is 2.81. The molecule has 1 aromatic carbocycles. The number of nitrogens with one attached hydrogen (secondary N) is 1. The van der Waals surface area contributed by atoms with Crippen LogP contribution < -0.4 is 5.32 Å². The molecule has 0 amide bonds. The van der Waals surface area contributed by atoms with Gasteiger partial charge in [0.05, 0.1) is 10.7 Å². The van der Waals surface area contributed by atoms with Gasteiger partial charge in [-0.3, -0.25) is 0 Å². The summed E-state index contributed by atoms with van der Waals surface area (Å²) < 4.78 is 19.2. The summed E-state index contributed by atoms with van der Waals surface area (Å²) in [6, 6.07) is 5.22. The summed E-state index contributed by atoms with van der Waals surface area (Å²) >= 11 is 3.16. The van der Waals surface area contributed by atoms with Crippen molar-refractivity contribution in [1.29, 1.82) is 0 Å². The monoisotopic (exact) mass is 326 g/mol. The molecule has 0 saturated carbocycles. The summed E-state index contributed by atoms with van der Waals surface area (Å²) in [6.07, 6.45) is 2.41. The number of oxazole rings is 1. The van der Waals surface area contributed by atoms with Gasteiger partial charge in [-0.15, -0.1) is 0 Å². The van der Waals surface area contributed by atoms with Gasteiger partial charge in [-0.1, -0.05) is 13.8 Å². The van der Waals surface area contributed by atoms with Gasteiger partial charge in [-0.25, -0.2) is 9.37 Å². The maximum Gasteiger partial charge on any atom is 0.196 e. The minimum Gasteiger partial charge on any atom is -0.441 e. The Balaban J connectivity index is 2.05. The van der Waals surface area contributed by atoms with Crippen molar-refractivity contribution in [3.63, 3.8) is 0 Å². The summed E-state index contributed by atoms with van der Waals surface area (Å²) in [6.45, 7) is 5.01. The Bertz CT molecular complexity index is 554. The molecular formula is C14H16BrFN2O. The Morgan fingerprint density at radius 3 is 2.89 bits per heavy atom. The van der Waals surface area contributed by atoms with Gasteiger partial charge < -0.3 is 9.73 Å². The number of rotatable bonds is 5. The number of halogens is 2. The van der Waals surface area contributed by atoms with E-state index in [0.29, 0.717) is 22.2 Å². The van der Waals surface area contributed by atoms with Gasteiger partial charge in [0.1, 0.15) is 5.82 Å². The van der Waals surface area contributed by atoms with Crippen LogP contribution in [0.25, 0.3) is 11.3 Å². The second-order valence-electron chi connectivity index (χ2n) is 4.61. The first-order chi connectivity index (χ1) is 9.06. The number of hydrogen-bond acceptors (Lipinski definition) is 3. The van der Waals surface area contributed by atoms with E-state index in [1.165, 1.54) is 6.07 Å². The van der Waals surface area contributed by atoms with Crippen molar-refractivity contribution < 1.29 is 8.81 Å². The summed E-state index contributed by atoms with van der Waals surface area (Å²) in [5.74, 6) is 1.05. The van der Waals surface area contributed by atoms with Crippen LogP contribution in [0.4, 0.5) is 4.39 Å². The van der Waals surface area contributed by atoms with E-state index < -0.39 is 0 Å². The second kappa shape index (κ2) is 6.30. The van der Waals surface area contributed by atoms with Gasteiger partial charge in [0.15, 0.2) is 11.7 Å². The number of aromatic nitrogens is 1. The quantitative estimate of drug-likeness (QED) is 0.908. The molecule has 0 radical (unpaired) electrons. The predicted molar refractivity (Wildman–Crippen MR) is 76.4 cm³/mol. The van der Waals surface area contributed by atoms with E-state index in [0.717, 1.165) is 18.5 Å². The Kier molecular flexibility index (Phi) is 4.71. The molecule has 0 aliphatic heterocycles. The highest BCUT2D eigenvalue weighted by molar-refractivity contribution is 9.10. The highest BCUT2D eigenvalue weighted by atomic mass is 79.9. The molecule has 5 heteroatoms. The van der Waals surface area contributed by atoms with Crippen LogP contribution in [0, 0.1) is 5.82 Å². The molecular weight excluding hydrogens is 311 g/mol. The SMILES string of the molecule is CC(C)NCCc1ncc(-c2ccc(F)c(Br)c2)o1. The standard InChI is InChI=1S/C14H16BrFN2O/c1-9(2)17-6-5-14-18-8-13(19-14)10-3-4-12(16)11(15)7-10/h3-4,7-9,17H,5-6H2,1-2H3. The van der Waals surface area contributed by atoms with E-state index in [1.807, 2.05) is 0 Å². The van der Waals surface area contributed by atoms with E-state index in [2.05, 4.69) is 40.1 Å². The molecule has 0 aliphatic carbocycles. The minimum absolute atomic E-state index is 0.287. The zero-order valence-electron chi connectivity index (χ0n) is 10.9. The van der Waals surface area contributed by atoms with Crippen LogP contribution in [0.15, 0.2) is 33.3 Å². The van der Waals surface area contributed by atoms with Crippen LogP contribution in [-0.2, 0) is 6.42 Å². The number of benzene rings is 1. The van der Waals surface area contributed by atoms with Crippen molar-refractivity contribution >= 4 is 15.9 Å². The minimum atomic E-state index is -0.287. The molecule has 0 aliphatic rings. The van der Waals surface area contributed by atoms with Crippen LogP contribution in [-0.4, -0.2) is 17.6 Å². The lowest BCUT2D eigenvalue weighted by atomic mass is 10.2. The van der Waals surface area contributed by atoms with Gasteiger partial charge >= 0.3 is 0 Å². The van der Waals surface area contributed by atoms with Gasteiger partial charge in [0, 0.05) is 24.6 Å². The van der Waals surface area contributed by atoms with Crippen LogP contribution in [0.5, 0.6) is 0 Å². The molecule has 2 aromatic rings. The van der Waals surface area contributed by atoms with Gasteiger partial charge in [0.25, 0.3) is 0 Å². The zero-order chi connectivity index (χ0) is 13.8. The van der Waals surface area contributed by atoms with Crippen molar-refractivity contribution in [2.45, 2.75) is 26.3 Å². The molecule has 1 N–H and O–H groups in total. The average molecular weight is 327 g/mol. The third-order valence-corrected chi connectivity index (χ3v) is 3.26. The summed E-state index contributed by atoms with van der Waals surface area (Å²) in [7, 11) is 0. The van der Waals surface area contributed by atoms with Crippen molar-refractivity contribution in [1.82, 2.24) is 10.3 Å². The lowest BCUT2D eigenvalue weighted by Crippen LogP contribution is -2.24. The Hall–Kier alpha value is -1.20. The molecule has 0 saturated heterocycles. The van der Waals surface area contributed by atoms with Crippen molar-refractivity contribution in [3.8, 4) is 11.3 Å². The highest BCUT2D eigenvalue weighted by Crippen LogP contribution is 2.25. The predicted octanol–water partition coefficient (Wildman–Crippen LogP) is 3.78. The van der Waals surface area contributed by atoms with E-state index in [-0.39, 0.29) is 5.82 Å². The summed E-state index contributed by atoms with van der Waals surface area (Å²) in [4.78, 5) is 4.23. The number of hydrogen-bond donors (Lipinski definition) is 1. The fourth-order valence-corrected chi connectivity index (χ4v) is 2.06. The molecule has 3 nitrogen and oxygen atoms in total. The molecule has 19 heavy (non-hydrogen) atoms. The fourth-order valence-electron chi connectivity index (χ4n) is 1.68. The third-order valence-electron chi connectivity index (χ3n) is 2.65.